The van der Waals surface area contributed by atoms with Crippen LogP contribution in [0.5, 0.6) is 5.75 Å². The number of thiophene rings is 1. The van der Waals surface area contributed by atoms with E-state index in [4.69, 9.17) is 9.47 Å². The van der Waals surface area contributed by atoms with Crippen molar-refractivity contribution >= 4 is 27.3 Å². The van der Waals surface area contributed by atoms with Gasteiger partial charge in [0.05, 0.1) is 14.2 Å². The Morgan fingerprint density at radius 1 is 1.15 bits per heavy atom. The van der Waals surface area contributed by atoms with Crippen LogP contribution in [0.25, 0.3) is 0 Å². The third-order valence-electron chi connectivity index (χ3n) is 4.84. The van der Waals surface area contributed by atoms with Gasteiger partial charge in [0, 0.05) is 13.1 Å². The van der Waals surface area contributed by atoms with Crippen LogP contribution in [-0.4, -0.2) is 46.0 Å². The molecule has 2 heterocycles. The molecule has 1 aliphatic rings. The first-order valence-electron chi connectivity index (χ1n) is 8.77. The van der Waals surface area contributed by atoms with E-state index in [1.807, 2.05) is 24.3 Å². The molecule has 0 aliphatic carbocycles. The molecule has 0 bridgehead atoms. The van der Waals surface area contributed by atoms with E-state index in [1.54, 1.807) is 12.5 Å². The first-order valence-corrected chi connectivity index (χ1v) is 11.1. The van der Waals surface area contributed by atoms with Crippen molar-refractivity contribution in [1.82, 2.24) is 4.31 Å². The van der Waals surface area contributed by atoms with Gasteiger partial charge in [-0.05, 0) is 47.9 Å². The van der Waals surface area contributed by atoms with E-state index >= 15 is 0 Å². The number of hydrogen-bond donors (Lipinski definition) is 0. The number of benzene rings is 1. The Balaban J connectivity index is 1.88. The molecule has 0 amide bonds. The Kier molecular flexibility index (Phi) is 6.18. The van der Waals surface area contributed by atoms with Crippen LogP contribution in [0.1, 0.15) is 40.4 Å². The van der Waals surface area contributed by atoms with Crippen LogP contribution in [0, 0.1) is 0 Å². The lowest BCUT2D eigenvalue weighted by atomic mass is 9.94. The Hall–Kier alpha value is -1.90. The minimum atomic E-state index is -3.76. The van der Waals surface area contributed by atoms with Crippen LogP contribution < -0.4 is 4.74 Å². The molecule has 6 nitrogen and oxygen atoms in total. The first kappa shape index (κ1) is 19.9. The van der Waals surface area contributed by atoms with E-state index in [-0.39, 0.29) is 15.7 Å². The summed E-state index contributed by atoms with van der Waals surface area (Å²) >= 11 is 1.09. The summed E-state index contributed by atoms with van der Waals surface area (Å²) in [5, 5.41) is 1.61. The van der Waals surface area contributed by atoms with Crippen LogP contribution in [0.4, 0.5) is 0 Å². The number of rotatable bonds is 5. The Bertz CT molecular complexity index is 889. The van der Waals surface area contributed by atoms with Crippen molar-refractivity contribution < 1.29 is 22.7 Å². The van der Waals surface area contributed by atoms with Crippen LogP contribution >= 0.6 is 11.3 Å². The summed E-state index contributed by atoms with van der Waals surface area (Å²) in [4.78, 5) is 12.1. The molecular weight excluding hydrogens is 386 g/mol. The van der Waals surface area contributed by atoms with Gasteiger partial charge in [0.25, 0.3) is 0 Å². The number of methoxy groups -OCH3 is 2. The number of hydrogen-bond acceptors (Lipinski definition) is 6. The van der Waals surface area contributed by atoms with Gasteiger partial charge >= 0.3 is 5.97 Å². The fourth-order valence-electron chi connectivity index (χ4n) is 3.35. The average molecular weight is 410 g/mol. The maximum atomic E-state index is 13.2. The first-order chi connectivity index (χ1) is 13.0. The molecule has 1 saturated heterocycles. The molecule has 27 heavy (non-hydrogen) atoms. The zero-order chi connectivity index (χ0) is 19.4. The molecule has 0 saturated carbocycles. The molecule has 2 aromatic rings. The predicted octanol–water partition coefficient (Wildman–Crippen LogP) is 3.50. The van der Waals surface area contributed by atoms with Gasteiger partial charge in [0.15, 0.2) is 0 Å². The molecular formula is C19H23NO5S2. The summed E-state index contributed by atoms with van der Waals surface area (Å²) in [6.07, 6.45) is 2.67. The lowest BCUT2D eigenvalue weighted by molar-refractivity contribution is 0.0602. The number of nitrogens with zero attached hydrogens (tertiary/aromatic N) is 1. The Morgan fingerprint density at radius 3 is 2.56 bits per heavy atom. The highest BCUT2D eigenvalue weighted by atomic mass is 32.2. The second-order valence-corrected chi connectivity index (χ2v) is 9.26. The van der Waals surface area contributed by atoms with E-state index in [0.717, 1.165) is 41.9 Å². The van der Waals surface area contributed by atoms with Crippen molar-refractivity contribution in [2.45, 2.75) is 30.1 Å². The molecule has 0 radical (unpaired) electrons. The SMILES string of the molecule is COC(=O)c1sccc1S(=O)(=O)N1CCCCC(c2ccc(OC)cc2)C1. The summed E-state index contributed by atoms with van der Waals surface area (Å²) in [5.74, 6) is 0.260. The monoisotopic (exact) mass is 409 g/mol. The van der Waals surface area contributed by atoms with E-state index < -0.39 is 16.0 Å². The molecule has 1 aromatic carbocycles. The lowest BCUT2D eigenvalue weighted by Gasteiger charge is -2.24. The quantitative estimate of drug-likeness (QED) is 0.707. The standard InChI is InChI=1S/C19H23NO5S2/c1-24-16-8-6-14(7-9-16)15-5-3-4-11-20(13-15)27(22,23)17-10-12-26-18(17)19(21)25-2/h6-10,12,15H,3-5,11,13H2,1-2H3. The second-order valence-electron chi connectivity index (χ2n) is 6.43. The summed E-state index contributed by atoms with van der Waals surface area (Å²) in [7, 11) is -0.890. The smallest absolute Gasteiger partial charge is 0.349 e. The highest BCUT2D eigenvalue weighted by Gasteiger charge is 2.33. The highest BCUT2D eigenvalue weighted by molar-refractivity contribution is 7.89. The van der Waals surface area contributed by atoms with Gasteiger partial charge in [-0.25, -0.2) is 13.2 Å². The minimum absolute atomic E-state index is 0.0368. The van der Waals surface area contributed by atoms with Gasteiger partial charge in [-0.2, -0.15) is 4.31 Å². The molecule has 0 spiro atoms. The fraction of sp³-hybridized carbons (Fsp3) is 0.421. The molecule has 0 N–H and O–H groups in total. The van der Waals surface area contributed by atoms with Crippen molar-refractivity contribution in [2.75, 3.05) is 27.3 Å². The largest absolute Gasteiger partial charge is 0.497 e. The number of sulfonamides is 1. The van der Waals surface area contributed by atoms with Gasteiger partial charge in [-0.15, -0.1) is 11.3 Å². The average Bonchev–Trinajstić information content (AvgIpc) is 3.06. The molecule has 8 heteroatoms. The van der Waals surface area contributed by atoms with E-state index in [9.17, 15) is 13.2 Å². The number of ether oxygens (including phenoxy) is 2. The Morgan fingerprint density at radius 2 is 1.89 bits per heavy atom. The topological polar surface area (TPSA) is 72.9 Å². The molecule has 1 aliphatic heterocycles. The van der Waals surface area contributed by atoms with Crippen LogP contribution in [-0.2, 0) is 14.8 Å². The molecule has 3 rings (SSSR count). The van der Waals surface area contributed by atoms with Gasteiger partial charge in [-0.1, -0.05) is 18.6 Å². The zero-order valence-electron chi connectivity index (χ0n) is 15.4. The van der Waals surface area contributed by atoms with Crippen molar-refractivity contribution in [3.05, 3.63) is 46.2 Å². The van der Waals surface area contributed by atoms with Crippen molar-refractivity contribution in [2.24, 2.45) is 0 Å². The van der Waals surface area contributed by atoms with Crippen molar-refractivity contribution in [1.29, 1.82) is 0 Å². The van der Waals surface area contributed by atoms with Crippen molar-refractivity contribution in [3.63, 3.8) is 0 Å². The number of carbonyl (C=O) groups is 1. The van der Waals surface area contributed by atoms with Gasteiger partial charge in [0.2, 0.25) is 10.0 Å². The number of esters is 1. The van der Waals surface area contributed by atoms with E-state index in [0.29, 0.717) is 13.1 Å². The van der Waals surface area contributed by atoms with Gasteiger partial charge < -0.3 is 9.47 Å². The third-order valence-corrected chi connectivity index (χ3v) is 7.77. The second kappa shape index (κ2) is 8.41. The molecule has 1 atom stereocenters. The molecule has 1 fully saturated rings. The van der Waals surface area contributed by atoms with Crippen LogP contribution in [0.2, 0.25) is 0 Å². The summed E-state index contributed by atoms with van der Waals surface area (Å²) < 4.78 is 37.9. The maximum absolute atomic E-state index is 13.2. The molecule has 146 valence electrons. The van der Waals surface area contributed by atoms with Crippen LogP contribution in [0.3, 0.4) is 0 Å². The van der Waals surface area contributed by atoms with Crippen LogP contribution in [0.15, 0.2) is 40.6 Å². The minimum Gasteiger partial charge on any atom is -0.497 e. The van der Waals surface area contributed by atoms with E-state index in [1.165, 1.54) is 17.5 Å². The van der Waals surface area contributed by atoms with Gasteiger partial charge in [-0.3, -0.25) is 0 Å². The highest BCUT2D eigenvalue weighted by Crippen LogP contribution is 2.32. The number of carbonyl (C=O) groups excluding carboxylic acids is 1. The summed E-state index contributed by atoms with van der Waals surface area (Å²) in [5.41, 5.74) is 1.09. The molecule has 1 unspecified atom stereocenters. The Labute approximate surface area is 163 Å². The van der Waals surface area contributed by atoms with E-state index in [2.05, 4.69) is 0 Å². The normalized spacial score (nSPS) is 18.7. The molecule has 1 aromatic heterocycles. The lowest BCUT2D eigenvalue weighted by Crippen LogP contribution is -2.34. The third kappa shape index (κ3) is 4.17. The van der Waals surface area contributed by atoms with Gasteiger partial charge in [0.1, 0.15) is 15.5 Å². The summed E-state index contributed by atoms with van der Waals surface area (Å²) in [6, 6.07) is 9.26. The van der Waals surface area contributed by atoms with Crippen molar-refractivity contribution in [3.8, 4) is 5.75 Å². The zero-order valence-corrected chi connectivity index (χ0v) is 17.0. The summed E-state index contributed by atoms with van der Waals surface area (Å²) in [6.45, 7) is 0.844. The predicted molar refractivity (Wildman–Crippen MR) is 104 cm³/mol. The maximum Gasteiger partial charge on any atom is 0.349 e. The fourth-order valence-corrected chi connectivity index (χ4v) is 6.19.